The van der Waals surface area contributed by atoms with Gasteiger partial charge in [0.15, 0.2) is 0 Å². The molecular formula is C29H43N3O4. The molecule has 0 N–H and O–H groups in total. The number of fused-ring (bicyclic) bond motifs is 1. The minimum atomic E-state index is -0.0612. The Hall–Kier alpha value is -2.25. The number of aromatic nitrogens is 2. The van der Waals surface area contributed by atoms with Crippen LogP contribution in [0.15, 0.2) is 24.4 Å². The Labute approximate surface area is 215 Å². The lowest BCUT2D eigenvalue weighted by molar-refractivity contribution is -0.150. The number of methoxy groups -OCH3 is 1. The molecule has 2 heterocycles. The van der Waals surface area contributed by atoms with Crippen molar-refractivity contribution in [1.82, 2.24) is 14.9 Å². The van der Waals surface area contributed by atoms with Gasteiger partial charge < -0.3 is 14.2 Å². The number of carbonyl (C=O) groups excluding carboxylic acids is 1. The molecule has 1 aromatic heterocycles. The Kier molecular flexibility index (Phi) is 9.18. The van der Waals surface area contributed by atoms with Crippen LogP contribution in [0.3, 0.4) is 0 Å². The Morgan fingerprint density at radius 1 is 1.06 bits per heavy atom. The smallest absolute Gasteiger partial charge is 0.317 e. The van der Waals surface area contributed by atoms with Crippen LogP contribution in [0.2, 0.25) is 0 Å². The summed E-state index contributed by atoms with van der Waals surface area (Å²) in [6.07, 6.45) is 9.10. The van der Waals surface area contributed by atoms with E-state index in [4.69, 9.17) is 14.2 Å². The number of hydrogen-bond acceptors (Lipinski definition) is 7. The first-order valence-electron chi connectivity index (χ1n) is 13.6. The fourth-order valence-corrected chi connectivity index (χ4v) is 5.50. The zero-order valence-electron chi connectivity index (χ0n) is 22.5. The Morgan fingerprint density at radius 3 is 2.50 bits per heavy atom. The second-order valence-electron chi connectivity index (χ2n) is 11.6. The lowest BCUT2D eigenvalue weighted by Crippen LogP contribution is -2.36. The maximum Gasteiger partial charge on any atom is 0.317 e. The van der Waals surface area contributed by atoms with Crippen molar-refractivity contribution >= 4 is 16.9 Å². The minimum Gasteiger partial charge on any atom is -0.465 e. The molecular weight excluding hydrogens is 454 g/mol. The number of esters is 1. The molecule has 0 bridgehead atoms. The highest BCUT2D eigenvalue weighted by atomic mass is 16.5. The van der Waals surface area contributed by atoms with Crippen molar-refractivity contribution < 1.29 is 19.0 Å². The quantitative estimate of drug-likeness (QED) is 0.339. The van der Waals surface area contributed by atoms with E-state index in [1.807, 2.05) is 6.20 Å². The van der Waals surface area contributed by atoms with Crippen LogP contribution in [0.1, 0.15) is 71.3 Å². The molecule has 0 spiro atoms. The van der Waals surface area contributed by atoms with Crippen LogP contribution in [0.5, 0.6) is 6.01 Å². The van der Waals surface area contributed by atoms with Gasteiger partial charge >= 0.3 is 12.0 Å². The van der Waals surface area contributed by atoms with E-state index < -0.39 is 0 Å². The third kappa shape index (κ3) is 7.39. The lowest BCUT2D eigenvalue weighted by atomic mass is 9.72. The van der Waals surface area contributed by atoms with Gasteiger partial charge in [-0.05, 0) is 80.6 Å². The molecule has 1 aliphatic heterocycles. The van der Waals surface area contributed by atoms with Crippen molar-refractivity contribution in [3.63, 3.8) is 0 Å². The number of nitrogens with zero attached hydrogens (tertiary/aromatic N) is 3. The molecule has 2 aromatic rings. The molecule has 7 heteroatoms. The summed E-state index contributed by atoms with van der Waals surface area (Å²) in [5.74, 6) is 0.712. The van der Waals surface area contributed by atoms with Crippen molar-refractivity contribution in [3.05, 3.63) is 30.0 Å². The van der Waals surface area contributed by atoms with Crippen LogP contribution in [0.4, 0.5) is 0 Å². The van der Waals surface area contributed by atoms with E-state index in [-0.39, 0.29) is 18.0 Å². The van der Waals surface area contributed by atoms with Crippen molar-refractivity contribution in [2.75, 3.05) is 33.4 Å². The number of piperidine rings is 1. The topological polar surface area (TPSA) is 73.8 Å². The Morgan fingerprint density at radius 2 is 1.81 bits per heavy atom. The van der Waals surface area contributed by atoms with Gasteiger partial charge in [0.2, 0.25) is 0 Å². The fraction of sp³-hybridized carbons (Fsp3) is 0.690. The lowest BCUT2D eigenvalue weighted by Gasteiger charge is -2.36. The van der Waals surface area contributed by atoms with Crippen LogP contribution in [0, 0.1) is 17.3 Å². The van der Waals surface area contributed by atoms with Gasteiger partial charge in [0, 0.05) is 38.3 Å². The predicted molar refractivity (Wildman–Crippen MR) is 141 cm³/mol. The second kappa shape index (κ2) is 12.3. The number of rotatable bonds is 9. The van der Waals surface area contributed by atoms with Crippen LogP contribution in [0.25, 0.3) is 10.9 Å². The summed E-state index contributed by atoms with van der Waals surface area (Å²) in [5, 5.41) is 1.03. The average Bonchev–Trinajstić information content (AvgIpc) is 2.87. The van der Waals surface area contributed by atoms with Gasteiger partial charge in [-0.2, -0.15) is 4.98 Å². The monoisotopic (exact) mass is 497 g/mol. The molecule has 4 rings (SSSR count). The van der Waals surface area contributed by atoms with Gasteiger partial charge in [-0.3, -0.25) is 9.69 Å². The molecule has 2 aliphatic rings. The van der Waals surface area contributed by atoms with Gasteiger partial charge in [-0.15, -0.1) is 0 Å². The van der Waals surface area contributed by atoms with Crippen LogP contribution in [-0.4, -0.2) is 60.4 Å². The molecule has 1 saturated carbocycles. The SMILES string of the molecule is COCCCOC(=O)C1CCN(Cc2ccc3nc(OC4CCC(C(C)(C)C)CC4)ncc3c2)CC1. The number of likely N-dealkylation sites (tertiary alicyclic amines) is 1. The molecule has 7 nitrogen and oxygen atoms in total. The van der Waals surface area contributed by atoms with Crippen molar-refractivity contribution in [2.24, 2.45) is 17.3 Å². The number of ether oxygens (including phenoxy) is 3. The maximum atomic E-state index is 12.3. The van der Waals surface area contributed by atoms with Crippen molar-refractivity contribution in [2.45, 2.75) is 78.4 Å². The minimum absolute atomic E-state index is 0.00994. The summed E-state index contributed by atoms with van der Waals surface area (Å²) in [6.45, 7) is 10.7. The van der Waals surface area contributed by atoms with E-state index in [1.165, 1.54) is 18.4 Å². The highest BCUT2D eigenvalue weighted by Crippen LogP contribution is 2.38. The van der Waals surface area contributed by atoms with Gasteiger partial charge in [0.25, 0.3) is 0 Å². The van der Waals surface area contributed by atoms with E-state index in [1.54, 1.807) is 7.11 Å². The second-order valence-corrected chi connectivity index (χ2v) is 11.6. The molecule has 1 saturated heterocycles. The first kappa shape index (κ1) is 26.8. The summed E-state index contributed by atoms with van der Waals surface area (Å²) in [4.78, 5) is 23.9. The molecule has 0 unspecified atom stereocenters. The number of benzene rings is 1. The molecule has 0 atom stereocenters. The number of carbonyl (C=O) groups is 1. The zero-order valence-corrected chi connectivity index (χ0v) is 22.5. The number of hydrogen-bond donors (Lipinski definition) is 0. The highest BCUT2D eigenvalue weighted by Gasteiger charge is 2.31. The first-order chi connectivity index (χ1) is 17.3. The zero-order chi connectivity index (χ0) is 25.5. The Balaban J connectivity index is 1.25. The molecule has 1 aliphatic carbocycles. The molecule has 0 amide bonds. The maximum absolute atomic E-state index is 12.3. The molecule has 0 radical (unpaired) electrons. The largest absolute Gasteiger partial charge is 0.465 e. The molecule has 198 valence electrons. The van der Waals surface area contributed by atoms with Gasteiger partial charge in [-0.1, -0.05) is 26.8 Å². The standard InChI is InChI=1S/C29H43N3O4/c1-29(2,3)24-7-9-25(10-8-24)36-28-30-19-23-18-21(6-11-26(23)31-28)20-32-14-12-22(13-15-32)27(33)35-17-5-16-34-4/h6,11,18-19,22,24-25H,5,7-10,12-17,20H2,1-4H3. The normalized spacial score (nSPS) is 22.0. The van der Waals surface area contributed by atoms with E-state index in [0.717, 1.165) is 68.6 Å². The average molecular weight is 498 g/mol. The van der Waals surface area contributed by atoms with Crippen LogP contribution in [-0.2, 0) is 20.8 Å². The molecule has 2 fully saturated rings. The van der Waals surface area contributed by atoms with Gasteiger partial charge in [-0.25, -0.2) is 4.98 Å². The Bertz CT molecular complexity index is 990. The van der Waals surface area contributed by atoms with E-state index in [2.05, 4.69) is 53.8 Å². The summed E-state index contributed by atoms with van der Waals surface area (Å²) < 4.78 is 16.6. The molecule has 1 aromatic carbocycles. The van der Waals surface area contributed by atoms with E-state index in [9.17, 15) is 4.79 Å². The van der Waals surface area contributed by atoms with Crippen LogP contribution >= 0.6 is 0 Å². The first-order valence-corrected chi connectivity index (χ1v) is 13.6. The van der Waals surface area contributed by atoms with Crippen molar-refractivity contribution in [1.29, 1.82) is 0 Å². The summed E-state index contributed by atoms with van der Waals surface area (Å²) in [6, 6.07) is 6.87. The summed E-state index contributed by atoms with van der Waals surface area (Å²) in [5.41, 5.74) is 2.52. The molecule has 36 heavy (non-hydrogen) atoms. The fourth-order valence-electron chi connectivity index (χ4n) is 5.50. The van der Waals surface area contributed by atoms with Crippen LogP contribution < -0.4 is 4.74 Å². The highest BCUT2D eigenvalue weighted by molar-refractivity contribution is 5.78. The summed E-state index contributed by atoms with van der Waals surface area (Å²) in [7, 11) is 1.66. The van der Waals surface area contributed by atoms with Gasteiger partial charge in [0.1, 0.15) is 6.10 Å². The third-order valence-electron chi connectivity index (χ3n) is 7.86. The van der Waals surface area contributed by atoms with Crippen molar-refractivity contribution in [3.8, 4) is 6.01 Å². The predicted octanol–water partition coefficient (Wildman–Crippen LogP) is 5.41. The summed E-state index contributed by atoms with van der Waals surface area (Å²) >= 11 is 0. The van der Waals surface area contributed by atoms with Gasteiger partial charge in [0.05, 0.1) is 18.0 Å². The van der Waals surface area contributed by atoms with E-state index >= 15 is 0 Å². The van der Waals surface area contributed by atoms with E-state index in [0.29, 0.717) is 24.6 Å². The third-order valence-corrected chi connectivity index (χ3v) is 7.86.